The second-order valence-corrected chi connectivity index (χ2v) is 5.13. The topological polar surface area (TPSA) is 12.9 Å². The van der Waals surface area contributed by atoms with Crippen LogP contribution in [0.25, 0.3) is 16.3 Å². The number of hydrogen-bond donors (Lipinski definition) is 0. The predicted octanol–water partition coefficient (Wildman–Crippen LogP) is 4.36. The lowest BCUT2D eigenvalue weighted by Crippen LogP contribution is -1.87. The van der Waals surface area contributed by atoms with Crippen molar-refractivity contribution in [2.24, 2.45) is 5.92 Å². The number of benzene rings is 1. The van der Waals surface area contributed by atoms with Crippen LogP contribution in [0.4, 0.5) is 0 Å². The molecule has 0 aliphatic carbocycles. The van der Waals surface area contributed by atoms with E-state index in [0.717, 1.165) is 10.5 Å². The van der Waals surface area contributed by atoms with Gasteiger partial charge in [0.25, 0.3) is 0 Å². The summed E-state index contributed by atoms with van der Waals surface area (Å²) in [5.74, 6) is 0.594. The Morgan fingerprint density at radius 2 is 2.07 bits per heavy atom. The Bertz CT molecular complexity index is 461. The van der Waals surface area contributed by atoms with Crippen LogP contribution >= 0.6 is 11.3 Å². The molecule has 0 fully saturated rings. The maximum absolute atomic E-state index is 4.58. The van der Waals surface area contributed by atoms with Crippen LogP contribution in [-0.2, 0) is 0 Å². The first-order chi connectivity index (χ1) is 7.16. The molecule has 0 saturated heterocycles. The first-order valence-corrected chi connectivity index (χ1v) is 6.02. The molecule has 1 heterocycles. The molecule has 15 heavy (non-hydrogen) atoms. The zero-order chi connectivity index (χ0) is 10.8. The Morgan fingerprint density at radius 3 is 2.73 bits per heavy atom. The summed E-state index contributed by atoms with van der Waals surface area (Å²) in [7, 11) is 0. The average Bonchev–Trinajstić information content (AvgIpc) is 2.59. The van der Waals surface area contributed by atoms with Gasteiger partial charge in [0.15, 0.2) is 0 Å². The van der Waals surface area contributed by atoms with E-state index >= 15 is 0 Å². The highest BCUT2D eigenvalue weighted by atomic mass is 32.1. The molecule has 0 aliphatic rings. The highest BCUT2D eigenvalue weighted by molar-refractivity contribution is 7.19. The number of thiazole rings is 1. The van der Waals surface area contributed by atoms with E-state index in [1.165, 1.54) is 10.3 Å². The molecule has 0 saturated carbocycles. The molecule has 2 rings (SSSR count). The lowest BCUT2D eigenvalue weighted by molar-refractivity contribution is 0.776. The average molecular weight is 217 g/mol. The van der Waals surface area contributed by atoms with Crippen LogP contribution in [0.1, 0.15) is 25.8 Å². The summed E-state index contributed by atoms with van der Waals surface area (Å²) in [4.78, 5) is 4.58. The van der Waals surface area contributed by atoms with Gasteiger partial charge in [0.2, 0.25) is 0 Å². The van der Waals surface area contributed by atoms with Gasteiger partial charge in [0.1, 0.15) is 5.01 Å². The van der Waals surface area contributed by atoms with Crippen molar-refractivity contribution in [3.05, 3.63) is 34.8 Å². The molecule has 0 amide bonds. The molecular formula is C13H15NS. The number of rotatable bonds is 2. The Hall–Kier alpha value is -1.15. The normalized spacial score (nSPS) is 12.7. The van der Waals surface area contributed by atoms with Crippen molar-refractivity contribution < 1.29 is 0 Å². The Labute approximate surface area is 94.5 Å². The van der Waals surface area contributed by atoms with Gasteiger partial charge in [0.05, 0.1) is 10.2 Å². The smallest absolute Gasteiger partial charge is 0.117 e. The van der Waals surface area contributed by atoms with Gasteiger partial charge in [-0.1, -0.05) is 31.6 Å². The van der Waals surface area contributed by atoms with Crippen molar-refractivity contribution in [3.63, 3.8) is 0 Å². The van der Waals surface area contributed by atoms with Gasteiger partial charge in [-0.05, 0) is 31.1 Å². The zero-order valence-corrected chi connectivity index (χ0v) is 10.1. The summed E-state index contributed by atoms with van der Waals surface area (Å²) in [6.07, 6.45) is 2.19. The van der Waals surface area contributed by atoms with Crippen LogP contribution in [0.3, 0.4) is 0 Å². The third-order valence-electron chi connectivity index (χ3n) is 2.57. The molecule has 1 aromatic carbocycles. The minimum atomic E-state index is 0.594. The number of allylic oxidation sites excluding steroid dienone is 1. The summed E-state index contributed by atoms with van der Waals surface area (Å²) in [5.41, 5.74) is 2.49. The molecule has 78 valence electrons. The monoisotopic (exact) mass is 217 g/mol. The Morgan fingerprint density at radius 1 is 1.33 bits per heavy atom. The molecule has 0 N–H and O–H groups in total. The maximum Gasteiger partial charge on any atom is 0.117 e. The van der Waals surface area contributed by atoms with E-state index < -0.39 is 0 Å². The van der Waals surface area contributed by atoms with Crippen molar-refractivity contribution >= 4 is 27.6 Å². The Balaban J connectivity index is 2.41. The first-order valence-electron chi connectivity index (χ1n) is 5.20. The number of nitrogens with zero attached hydrogens (tertiary/aromatic N) is 1. The maximum atomic E-state index is 4.58. The molecule has 0 unspecified atom stereocenters. The van der Waals surface area contributed by atoms with E-state index in [1.807, 2.05) is 6.07 Å². The predicted molar refractivity (Wildman–Crippen MR) is 68.1 cm³/mol. The van der Waals surface area contributed by atoms with E-state index in [9.17, 15) is 0 Å². The van der Waals surface area contributed by atoms with Gasteiger partial charge in [-0.2, -0.15) is 0 Å². The van der Waals surface area contributed by atoms with Crippen molar-refractivity contribution in [1.29, 1.82) is 0 Å². The van der Waals surface area contributed by atoms with Gasteiger partial charge in [0, 0.05) is 0 Å². The van der Waals surface area contributed by atoms with E-state index in [0.29, 0.717) is 5.92 Å². The number of aromatic nitrogens is 1. The second-order valence-electron chi connectivity index (χ2n) is 4.06. The van der Waals surface area contributed by atoms with E-state index in [4.69, 9.17) is 0 Å². The van der Waals surface area contributed by atoms with Crippen molar-refractivity contribution in [1.82, 2.24) is 4.98 Å². The zero-order valence-electron chi connectivity index (χ0n) is 9.32. The van der Waals surface area contributed by atoms with Gasteiger partial charge >= 0.3 is 0 Å². The van der Waals surface area contributed by atoms with Crippen LogP contribution in [-0.4, -0.2) is 4.98 Å². The van der Waals surface area contributed by atoms with Crippen molar-refractivity contribution in [2.45, 2.75) is 20.8 Å². The largest absolute Gasteiger partial charge is 0.237 e. The molecule has 2 heteroatoms. The molecule has 1 nitrogen and oxygen atoms in total. The van der Waals surface area contributed by atoms with Crippen LogP contribution in [0.5, 0.6) is 0 Å². The molecular weight excluding hydrogens is 202 g/mol. The Kier molecular flexibility index (Phi) is 2.87. The fraction of sp³-hybridized carbons (Fsp3) is 0.308. The quantitative estimate of drug-likeness (QED) is 0.728. The minimum absolute atomic E-state index is 0.594. The SMILES string of the molecule is C/C(=C\c1nc2ccccc2s1)C(C)C. The van der Waals surface area contributed by atoms with Crippen LogP contribution < -0.4 is 0 Å². The van der Waals surface area contributed by atoms with Crippen molar-refractivity contribution in [2.75, 3.05) is 0 Å². The summed E-state index contributed by atoms with van der Waals surface area (Å²) in [6.45, 7) is 6.58. The molecule has 0 spiro atoms. The fourth-order valence-electron chi connectivity index (χ4n) is 1.31. The fourth-order valence-corrected chi connectivity index (χ4v) is 2.29. The summed E-state index contributed by atoms with van der Waals surface area (Å²) >= 11 is 1.76. The summed E-state index contributed by atoms with van der Waals surface area (Å²) in [6, 6.07) is 8.27. The van der Waals surface area contributed by atoms with Crippen LogP contribution in [0.2, 0.25) is 0 Å². The lowest BCUT2D eigenvalue weighted by Gasteiger charge is -2.02. The number of hydrogen-bond acceptors (Lipinski definition) is 2. The summed E-state index contributed by atoms with van der Waals surface area (Å²) < 4.78 is 1.26. The third kappa shape index (κ3) is 2.26. The second kappa shape index (κ2) is 4.15. The molecule has 1 aromatic heterocycles. The van der Waals surface area contributed by atoms with Crippen molar-refractivity contribution in [3.8, 4) is 0 Å². The molecule has 0 aliphatic heterocycles. The van der Waals surface area contributed by atoms with Crippen LogP contribution in [0.15, 0.2) is 29.8 Å². The summed E-state index contributed by atoms with van der Waals surface area (Å²) in [5, 5.41) is 1.11. The molecule has 0 radical (unpaired) electrons. The van der Waals surface area contributed by atoms with E-state index in [2.05, 4.69) is 50.0 Å². The van der Waals surface area contributed by atoms with Gasteiger partial charge in [-0.3, -0.25) is 0 Å². The molecule has 0 atom stereocenters. The van der Waals surface area contributed by atoms with Crippen LogP contribution in [0, 0.1) is 5.92 Å². The first kappa shape index (κ1) is 10.4. The molecule has 0 bridgehead atoms. The molecule has 2 aromatic rings. The number of fused-ring (bicyclic) bond motifs is 1. The third-order valence-corrected chi connectivity index (χ3v) is 3.56. The van der Waals surface area contributed by atoms with E-state index in [1.54, 1.807) is 11.3 Å². The standard InChI is InChI=1S/C13H15NS/c1-9(2)10(3)8-13-14-11-6-4-5-7-12(11)15-13/h4-9H,1-3H3/b10-8+. The lowest BCUT2D eigenvalue weighted by atomic mass is 10.1. The highest BCUT2D eigenvalue weighted by Gasteiger charge is 2.02. The van der Waals surface area contributed by atoms with Gasteiger partial charge in [-0.25, -0.2) is 4.98 Å². The highest BCUT2D eigenvalue weighted by Crippen LogP contribution is 2.24. The van der Waals surface area contributed by atoms with Gasteiger partial charge in [-0.15, -0.1) is 11.3 Å². The number of para-hydroxylation sites is 1. The minimum Gasteiger partial charge on any atom is -0.237 e. The van der Waals surface area contributed by atoms with E-state index in [-0.39, 0.29) is 0 Å². The van der Waals surface area contributed by atoms with Gasteiger partial charge < -0.3 is 0 Å².